The third-order valence-corrected chi connectivity index (χ3v) is 8.27. The number of aliphatic hydroxyl groups is 4. The van der Waals surface area contributed by atoms with Crippen LogP contribution in [0.5, 0.6) is 5.75 Å². The standard InChI is InChI=1S/C27H30N4O7/c1-26(37)21(25(29)36)17(32)8-13-6-12-7-15-16(31(2)3)9-14(11-4-5-18(28)30-10-11)22(33)20(15)23(34)19(12)24(35)27(13,26)38/h4-5,9-10,12-13,32-33,35,37-38H,6-8H2,1-3H3,(H2,28,30)(H2,29,36)/t12?,13?,26?,27-/m0/s1. The number of phenols is 1. The Labute approximate surface area is 218 Å². The number of anilines is 2. The number of fused-ring (bicyclic) bond motifs is 3. The molecule has 0 fully saturated rings. The maximum Gasteiger partial charge on any atom is 0.251 e. The summed E-state index contributed by atoms with van der Waals surface area (Å²) in [5, 5.41) is 56.4. The molecule has 3 aliphatic rings. The zero-order chi connectivity index (χ0) is 27.9. The van der Waals surface area contributed by atoms with Crippen LogP contribution >= 0.6 is 0 Å². The van der Waals surface area contributed by atoms with E-state index in [1.54, 1.807) is 32.3 Å². The van der Waals surface area contributed by atoms with Crippen LogP contribution in [0.4, 0.5) is 11.5 Å². The lowest BCUT2D eigenvalue weighted by molar-refractivity contribution is -0.171. The summed E-state index contributed by atoms with van der Waals surface area (Å²) in [4.78, 5) is 32.0. The topological polar surface area (TPSA) is 203 Å². The first-order valence-corrected chi connectivity index (χ1v) is 12.1. The van der Waals surface area contributed by atoms with E-state index in [0.717, 1.165) is 6.92 Å². The number of pyridine rings is 1. The molecule has 38 heavy (non-hydrogen) atoms. The van der Waals surface area contributed by atoms with Crippen molar-refractivity contribution in [3.63, 3.8) is 0 Å². The van der Waals surface area contributed by atoms with Crippen molar-refractivity contribution in [3.8, 4) is 16.9 Å². The number of primary amides is 1. The predicted octanol–water partition coefficient (Wildman–Crippen LogP) is 1.47. The third-order valence-electron chi connectivity index (χ3n) is 8.27. The van der Waals surface area contributed by atoms with Crippen LogP contribution in [0.3, 0.4) is 0 Å². The number of carbonyl (C=O) groups is 2. The molecule has 1 aromatic heterocycles. The molecule has 0 radical (unpaired) electrons. The van der Waals surface area contributed by atoms with Crippen molar-refractivity contribution in [2.24, 2.45) is 17.6 Å². The molecule has 9 N–H and O–H groups in total. The SMILES string of the molecule is CN(C)c1cc(-c2ccc(N)nc2)c(O)c2c1CC1CC3CC(O)=C(C(N)=O)C(C)(O)[C@@]3(O)C(O)=C1C2=O. The van der Waals surface area contributed by atoms with Crippen LogP contribution in [0.2, 0.25) is 0 Å². The number of rotatable bonds is 3. The van der Waals surface area contributed by atoms with Crippen LogP contribution in [0.15, 0.2) is 47.1 Å². The van der Waals surface area contributed by atoms with Gasteiger partial charge in [-0.2, -0.15) is 0 Å². The van der Waals surface area contributed by atoms with Crippen molar-refractivity contribution >= 4 is 23.2 Å². The Morgan fingerprint density at radius 3 is 2.42 bits per heavy atom. The fourth-order valence-corrected chi connectivity index (χ4v) is 6.46. The number of Topliss-reactive ketones (excluding diaryl/α,β-unsaturated/α-hetero) is 1. The third kappa shape index (κ3) is 3.25. The van der Waals surface area contributed by atoms with E-state index in [1.807, 2.05) is 4.90 Å². The number of nitrogen functional groups attached to an aromatic ring is 1. The van der Waals surface area contributed by atoms with Crippen molar-refractivity contribution in [2.75, 3.05) is 24.7 Å². The number of hydrogen-bond acceptors (Lipinski definition) is 10. The number of benzene rings is 1. The Bertz CT molecular complexity index is 1460. The highest BCUT2D eigenvalue weighted by Crippen LogP contribution is 2.57. The number of phenolic OH excluding ortho intramolecular Hbond substituents is 1. The summed E-state index contributed by atoms with van der Waals surface area (Å²) in [6.07, 6.45) is 1.60. The number of nitrogens with two attached hydrogens (primary N) is 2. The van der Waals surface area contributed by atoms with Gasteiger partial charge in [0.25, 0.3) is 5.91 Å². The molecule has 11 heteroatoms. The van der Waals surface area contributed by atoms with Crippen LogP contribution in [0.25, 0.3) is 11.1 Å². The van der Waals surface area contributed by atoms with E-state index in [1.165, 1.54) is 6.20 Å². The van der Waals surface area contributed by atoms with Gasteiger partial charge in [-0.1, -0.05) is 0 Å². The Morgan fingerprint density at radius 1 is 1.16 bits per heavy atom. The Balaban J connectivity index is 1.74. The van der Waals surface area contributed by atoms with Gasteiger partial charge in [0.15, 0.2) is 11.4 Å². The molecule has 5 rings (SSSR count). The Morgan fingerprint density at radius 2 is 1.84 bits per heavy atom. The molecule has 4 atom stereocenters. The van der Waals surface area contributed by atoms with E-state index in [-0.39, 0.29) is 42.0 Å². The summed E-state index contributed by atoms with van der Waals surface area (Å²) in [7, 11) is 3.61. The van der Waals surface area contributed by atoms with Crippen LogP contribution < -0.4 is 16.4 Å². The smallest absolute Gasteiger partial charge is 0.251 e. The average molecular weight is 523 g/mol. The van der Waals surface area contributed by atoms with Gasteiger partial charge < -0.3 is 41.9 Å². The summed E-state index contributed by atoms with van der Waals surface area (Å²) >= 11 is 0. The number of amides is 1. The Hall–Kier alpha value is -4.09. The molecule has 11 nitrogen and oxygen atoms in total. The lowest BCUT2D eigenvalue weighted by Crippen LogP contribution is -2.65. The van der Waals surface area contributed by atoms with Crippen molar-refractivity contribution in [3.05, 3.63) is 58.2 Å². The normalized spacial score (nSPS) is 28.5. The molecule has 0 saturated heterocycles. The molecule has 0 spiro atoms. The Kier molecular flexibility index (Phi) is 5.52. The zero-order valence-corrected chi connectivity index (χ0v) is 21.2. The van der Waals surface area contributed by atoms with E-state index >= 15 is 0 Å². The second-order valence-corrected chi connectivity index (χ2v) is 10.7. The van der Waals surface area contributed by atoms with Gasteiger partial charge in [0.05, 0.1) is 11.1 Å². The lowest BCUT2D eigenvalue weighted by atomic mass is 9.56. The van der Waals surface area contributed by atoms with Crippen LogP contribution in [-0.2, 0) is 11.2 Å². The monoisotopic (exact) mass is 522 g/mol. The van der Waals surface area contributed by atoms with Crippen molar-refractivity contribution in [1.29, 1.82) is 0 Å². The fourth-order valence-electron chi connectivity index (χ4n) is 6.46. The number of aliphatic hydroxyl groups excluding tert-OH is 2. The molecular formula is C27H30N4O7. The van der Waals surface area contributed by atoms with Crippen molar-refractivity contribution in [1.82, 2.24) is 4.98 Å². The summed E-state index contributed by atoms with van der Waals surface area (Å²) in [5.74, 6) is -4.66. The molecule has 0 aliphatic heterocycles. The second kappa shape index (κ2) is 8.20. The number of allylic oxidation sites excluding steroid dienone is 2. The molecular weight excluding hydrogens is 492 g/mol. The maximum absolute atomic E-state index is 14.0. The van der Waals surface area contributed by atoms with E-state index < -0.39 is 51.8 Å². The number of aromatic nitrogens is 1. The molecule has 1 amide bonds. The summed E-state index contributed by atoms with van der Waals surface area (Å²) < 4.78 is 0. The molecule has 200 valence electrons. The largest absolute Gasteiger partial charge is 0.512 e. The van der Waals surface area contributed by atoms with Crippen LogP contribution in [0, 0.1) is 11.8 Å². The molecule has 3 aliphatic carbocycles. The number of aromatic hydroxyl groups is 1. The molecule has 1 aromatic carbocycles. The minimum absolute atomic E-state index is 0.0353. The van der Waals surface area contributed by atoms with E-state index in [9.17, 15) is 35.1 Å². The fraction of sp³-hybridized carbons (Fsp3) is 0.370. The minimum atomic E-state index is -2.48. The van der Waals surface area contributed by atoms with E-state index in [2.05, 4.69) is 4.98 Å². The second-order valence-electron chi connectivity index (χ2n) is 10.7. The van der Waals surface area contributed by atoms with Crippen LogP contribution in [-0.4, -0.2) is 67.5 Å². The summed E-state index contributed by atoms with van der Waals surface area (Å²) in [5.41, 5.74) is 7.40. The molecule has 2 aromatic rings. The molecule has 1 heterocycles. The van der Waals surface area contributed by atoms with Gasteiger partial charge in [-0.25, -0.2) is 4.98 Å². The minimum Gasteiger partial charge on any atom is -0.512 e. The average Bonchev–Trinajstić information content (AvgIpc) is 2.81. The van der Waals surface area contributed by atoms with Gasteiger partial charge in [-0.15, -0.1) is 0 Å². The number of nitrogens with zero attached hydrogens (tertiary/aromatic N) is 2. The number of carbonyl (C=O) groups excluding carboxylic acids is 2. The summed E-state index contributed by atoms with van der Waals surface area (Å²) in [6, 6.07) is 4.98. The first kappa shape index (κ1) is 25.6. The predicted molar refractivity (Wildman–Crippen MR) is 138 cm³/mol. The molecule has 3 unspecified atom stereocenters. The first-order valence-electron chi connectivity index (χ1n) is 12.1. The van der Waals surface area contributed by atoms with Gasteiger partial charge in [-0.3, -0.25) is 9.59 Å². The van der Waals surface area contributed by atoms with Gasteiger partial charge in [0, 0.05) is 55.0 Å². The zero-order valence-electron chi connectivity index (χ0n) is 21.2. The highest BCUT2D eigenvalue weighted by molar-refractivity contribution is 6.15. The molecule has 0 saturated carbocycles. The van der Waals surface area contributed by atoms with Gasteiger partial charge in [0.2, 0.25) is 0 Å². The van der Waals surface area contributed by atoms with E-state index in [0.29, 0.717) is 22.4 Å². The highest BCUT2D eigenvalue weighted by atomic mass is 16.4. The van der Waals surface area contributed by atoms with E-state index in [4.69, 9.17) is 11.5 Å². The molecule has 0 bridgehead atoms. The van der Waals surface area contributed by atoms with Gasteiger partial charge in [0.1, 0.15) is 28.7 Å². The van der Waals surface area contributed by atoms with Crippen molar-refractivity contribution < 1.29 is 35.1 Å². The van der Waals surface area contributed by atoms with Crippen molar-refractivity contribution in [2.45, 2.75) is 37.4 Å². The summed E-state index contributed by atoms with van der Waals surface area (Å²) in [6.45, 7) is 1.07. The highest BCUT2D eigenvalue weighted by Gasteiger charge is 2.65. The quantitative estimate of drug-likeness (QED) is 0.309. The van der Waals surface area contributed by atoms with Gasteiger partial charge in [-0.05, 0) is 49.4 Å². The van der Waals surface area contributed by atoms with Gasteiger partial charge >= 0.3 is 0 Å². The van der Waals surface area contributed by atoms with Crippen LogP contribution in [0.1, 0.15) is 35.7 Å². The number of hydrogen-bond donors (Lipinski definition) is 7. The lowest BCUT2D eigenvalue weighted by Gasteiger charge is -2.53. The first-order chi connectivity index (χ1) is 17.7. The number of ketones is 1. The maximum atomic E-state index is 14.0.